The summed E-state index contributed by atoms with van der Waals surface area (Å²) in [4.78, 5) is 25.3. The molecule has 138 heavy (non-hydrogen) atoms. The Balaban J connectivity index is 0.000000102. The normalized spacial score (nSPS) is 11.6. The minimum Gasteiger partial charge on any atom is -0.397 e. The van der Waals surface area contributed by atoms with Crippen LogP contribution in [0.2, 0.25) is 0 Å². The van der Waals surface area contributed by atoms with Gasteiger partial charge in [-0.2, -0.15) is 0 Å². The maximum atomic E-state index is 11.6. The van der Waals surface area contributed by atoms with E-state index in [4.69, 9.17) is 21.4 Å². The Kier molecular flexibility index (Phi) is 20.4. The second-order valence-corrected chi connectivity index (χ2v) is 36.3. The van der Waals surface area contributed by atoms with Crippen LogP contribution in [0.5, 0.6) is 0 Å². The number of nitrogens with two attached hydrogens (primary N) is 2. The molecule has 29 aromatic rings. The molecular weight excluding hydrogens is 1820 g/mol. The molecule has 13 nitrogen and oxygen atoms in total. The van der Waals surface area contributed by atoms with Gasteiger partial charge in [0.05, 0.1) is 105 Å². The Morgan fingerprint density at radius 3 is 1.01 bits per heavy atom. The number of nitrogens with zero attached hydrogens (tertiary/aromatic N) is 9. The van der Waals surface area contributed by atoms with Crippen molar-refractivity contribution in [2.45, 2.75) is 0 Å². The molecule has 0 bridgehead atoms. The Labute approximate surface area is 807 Å². The number of aromatic nitrogens is 10. The number of nitrogen functional groups attached to an aromatic ring is 2. The van der Waals surface area contributed by atoms with E-state index in [-0.39, 0.29) is 0 Å². The van der Waals surface area contributed by atoms with Crippen molar-refractivity contribution in [1.82, 2.24) is 46.8 Å². The molecule has 29 rings (SSSR count). The van der Waals surface area contributed by atoms with Gasteiger partial charge in [-0.3, -0.25) is 9.20 Å². The average Bonchev–Trinajstić information content (AvgIpc) is 1.51. The maximum absolute atomic E-state index is 11.6. The molecule has 0 radical (unpaired) electrons. The van der Waals surface area contributed by atoms with E-state index in [2.05, 4.69) is 439 Å². The van der Waals surface area contributed by atoms with Crippen LogP contribution >= 0.6 is 31.9 Å². The van der Waals surface area contributed by atoms with Crippen molar-refractivity contribution < 1.29 is 4.79 Å². The number of para-hydroxylation sites is 16. The van der Waals surface area contributed by atoms with Gasteiger partial charge in [0.2, 0.25) is 0 Å². The SMILES string of the molecule is Brc1ccccc1Br.Nc1ccccc1N.O=Cc1ccc2c3ccc4c(c5ccccc5n4-c4ccccc4)c3n(-c3ccccc3)c2c1.c1ccc(-n2c3ccccc3c3c2ccc2c4cc5c6ccccc6n6c7ccccc7nc6c5cc4n(-c4ccccc4)c23)cc1.c1ccc(-n2c3ccccc3c3c2ccc2c4ccc(-c5nc6ccccc6[nH]5)cc4n(-c4ccccc4)c23)cc1. The van der Waals surface area contributed by atoms with E-state index in [9.17, 15) is 4.79 Å². The van der Waals surface area contributed by atoms with Crippen LogP contribution < -0.4 is 11.5 Å². The second-order valence-electron chi connectivity index (χ2n) is 34.6. The molecule has 20 aromatic carbocycles. The summed E-state index contributed by atoms with van der Waals surface area (Å²) in [7, 11) is 0. The van der Waals surface area contributed by atoms with Gasteiger partial charge in [-0.15, -0.1) is 0 Å². The third-order valence-electron chi connectivity index (χ3n) is 26.8. The van der Waals surface area contributed by atoms with E-state index >= 15 is 0 Å². The molecule has 0 aliphatic heterocycles. The number of aldehydes is 1. The lowest BCUT2D eigenvalue weighted by molar-refractivity contribution is 0.112. The molecule has 0 atom stereocenters. The quantitative estimate of drug-likeness (QED) is 0.0788. The number of carbonyl (C=O) groups excluding carboxylic acids is 1. The zero-order valence-electron chi connectivity index (χ0n) is 74.3. The number of aromatic amines is 1. The molecule has 9 aromatic heterocycles. The number of rotatable bonds is 8. The lowest BCUT2D eigenvalue weighted by Crippen LogP contribution is -1.96. The van der Waals surface area contributed by atoms with Crippen molar-refractivity contribution in [2.75, 3.05) is 11.5 Å². The first kappa shape index (κ1) is 82.3. The summed E-state index contributed by atoms with van der Waals surface area (Å²) < 4.78 is 18.9. The van der Waals surface area contributed by atoms with Gasteiger partial charge in [0.25, 0.3) is 0 Å². The molecule has 0 saturated heterocycles. The van der Waals surface area contributed by atoms with Crippen LogP contribution in [-0.2, 0) is 0 Å². The Bertz CT molecular complexity index is 9740. The molecule has 0 fully saturated rings. The number of hydrogen-bond acceptors (Lipinski definition) is 5. The number of hydrogen-bond donors (Lipinski definition) is 3. The zero-order chi connectivity index (χ0) is 92.2. The number of benzene rings is 20. The number of imidazole rings is 2. The minimum atomic E-state index is 0.646. The van der Waals surface area contributed by atoms with E-state index < -0.39 is 0 Å². The van der Waals surface area contributed by atoms with E-state index in [0.717, 1.165) is 121 Å². The summed E-state index contributed by atoms with van der Waals surface area (Å²) in [5.41, 5.74) is 41.0. The summed E-state index contributed by atoms with van der Waals surface area (Å²) in [6.07, 6.45) is 0.920. The highest BCUT2D eigenvalue weighted by molar-refractivity contribution is 9.13. The van der Waals surface area contributed by atoms with Crippen molar-refractivity contribution in [2.24, 2.45) is 0 Å². The predicted octanol–water partition coefficient (Wildman–Crippen LogP) is 32.2. The van der Waals surface area contributed by atoms with Gasteiger partial charge < -0.3 is 43.9 Å². The number of carbonyl (C=O) groups is 1. The summed E-state index contributed by atoms with van der Waals surface area (Å²) >= 11 is 6.70. The molecule has 0 aliphatic carbocycles. The van der Waals surface area contributed by atoms with Gasteiger partial charge in [0, 0.05) is 130 Å². The number of fused-ring (bicyclic) bond motifs is 30. The number of H-pyrrole nitrogens is 1. The first-order valence-electron chi connectivity index (χ1n) is 46.0. The van der Waals surface area contributed by atoms with Gasteiger partial charge in [-0.1, -0.05) is 273 Å². The maximum Gasteiger partial charge on any atom is 0.150 e. The van der Waals surface area contributed by atoms with Crippen LogP contribution in [-0.4, -0.2) is 53.0 Å². The first-order chi connectivity index (χ1) is 68.2. The molecule has 0 amide bonds. The second kappa shape index (κ2) is 34.1. The molecule has 0 saturated carbocycles. The van der Waals surface area contributed by atoms with Crippen LogP contribution in [0.25, 0.3) is 226 Å². The lowest BCUT2D eigenvalue weighted by atomic mass is 10.0. The number of anilines is 2. The van der Waals surface area contributed by atoms with Gasteiger partial charge in [-0.25, -0.2) is 9.97 Å². The third kappa shape index (κ3) is 13.7. The zero-order valence-corrected chi connectivity index (χ0v) is 77.5. The van der Waals surface area contributed by atoms with E-state index in [1.165, 1.54) is 120 Å². The highest BCUT2D eigenvalue weighted by Gasteiger charge is 2.28. The average molecular weight is 1900 g/mol. The summed E-state index contributed by atoms with van der Waals surface area (Å²) in [5.74, 6) is 0.879. The standard InChI is InChI=1S/C43H26N4.C37H24N4.C31H20N2O.C6H4Br2.C6H8N2/c1-3-13-27(14-4-1)45-37-21-11-8-18-31(37)41-39(45)24-23-30-33-25-32-29-17-7-10-20-36(29)47-38-22-12-9-19-35(38)44-43(47)34(32)26-40(33)46(42(30)41)28-15-5-2-6-16-28;1-3-11-25(12-4-1)40-32-18-10-7-15-29(32)35-33(40)22-21-28-27-20-19-24(37-38-30-16-8-9-17-31(30)39-37)23-34(27)41(36(28)35)26-13-5-2-6-14-26;34-20-21-15-16-24-25-17-18-28-30(31(25)33(29(24)19-21)23-11-5-2-6-12-23)26-13-7-8-14-27(26)32(28)22-9-3-1-4-10-22;2*7-5-3-1-2-4-6(5)8/h1-26H;1-23H,(H,38,39);1-20H;1-4H;1-4H,7-8H2. The van der Waals surface area contributed by atoms with E-state index in [1.54, 1.807) is 12.1 Å². The monoisotopic (exact) mass is 1900 g/mol. The highest BCUT2D eigenvalue weighted by atomic mass is 79.9. The van der Waals surface area contributed by atoms with Crippen LogP contribution in [0.1, 0.15) is 10.4 Å². The van der Waals surface area contributed by atoms with Crippen LogP contribution in [0.3, 0.4) is 0 Å². The third-order valence-corrected chi connectivity index (χ3v) is 28.7. The smallest absolute Gasteiger partial charge is 0.150 e. The van der Waals surface area contributed by atoms with Crippen LogP contribution in [0.15, 0.2) is 470 Å². The molecule has 0 unspecified atom stereocenters. The van der Waals surface area contributed by atoms with Crippen molar-refractivity contribution in [3.8, 4) is 45.5 Å². The fraction of sp³-hybridized carbons (Fsp3) is 0. The predicted molar refractivity (Wildman–Crippen MR) is 584 cm³/mol. The number of halogens is 2. The van der Waals surface area contributed by atoms with Crippen molar-refractivity contribution in [3.05, 3.63) is 476 Å². The molecule has 9 heterocycles. The summed E-state index contributed by atoms with van der Waals surface area (Å²) in [5, 5.41) is 18.3. The van der Waals surface area contributed by atoms with Gasteiger partial charge in [-0.05, 0) is 225 Å². The Morgan fingerprint density at radius 1 is 0.239 bits per heavy atom. The van der Waals surface area contributed by atoms with E-state index in [1.807, 2.05) is 78.9 Å². The summed E-state index contributed by atoms with van der Waals surface area (Å²) in [6, 6.07) is 162. The molecule has 0 aliphatic rings. The molecule has 15 heteroatoms. The van der Waals surface area contributed by atoms with Crippen LogP contribution in [0.4, 0.5) is 11.4 Å². The van der Waals surface area contributed by atoms with Gasteiger partial charge in [0.15, 0.2) is 0 Å². The molecular formula is C123H82Br2N12O. The van der Waals surface area contributed by atoms with Crippen molar-refractivity contribution >= 4 is 230 Å². The molecule has 654 valence electrons. The van der Waals surface area contributed by atoms with Gasteiger partial charge in [0.1, 0.15) is 17.8 Å². The number of pyridine rings is 1. The largest absolute Gasteiger partial charge is 0.397 e. The van der Waals surface area contributed by atoms with Crippen molar-refractivity contribution in [3.63, 3.8) is 0 Å². The first-order valence-corrected chi connectivity index (χ1v) is 47.6. The fourth-order valence-corrected chi connectivity index (χ4v) is 21.4. The number of nitrogens with one attached hydrogen (secondary N) is 1. The molecule has 5 N–H and O–H groups in total. The molecule has 0 spiro atoms. The highest BCUT2D eigenvalue weighted by Crippen LogP contribution is 2.49. The Hall–Kier alpha value is -17.6. The fourth-order valence-electron chi connectivity index (χ4n) is 20.8. The van der Waals surface area contributed by atoms with Gasteiger partial charge >= 0.3 is 0 Å². The van der Waals surface area contributed by atoms with Crippen molar-refractivity contribution in [1.29, 1.82) is 0 Å². The van der Waals surface area contributed by atoms with Crippen LogP contribution in [0, 0.1) is 0 Å². The topological polar surface area (TPSA) is 145 Å². The van der Waals surface area contributed by atoms with E-state index in [0.29, 0.717) is 16.9 Å². The minimum absolute atomic E-state index is 0.646. The Morgan fingerprint density at radius 2 is 0.580 bits per heavy atom. The summed E-state index contributed by atoms with van der Waals surface area (Å²) in [6.45, 7) is 0. The lowest BCUT2D eigenvalue weighted by Gasteiger charge is -2.12.